The largest absolute Gasteiger partial charge is 0.352 e. The summed E-state index contributed by atoms with van der Waals surface area (Å²) in [6.07, 6.45) is 1.61. The first kappa shape index (κ1) is 20.8. The number of rotatable bonds is 6. The van der Waals surface area contributed by atoms with Gasteiger partial charge in [-0.15, -0.1) is 0 Å². The van der Waals surface area contributed by atoms with Crippen LogP contribution in [-0.4, -0.2) is 35.4 Å². The second-order valence-electron chi connectivity index (χ2n) is 6.85. The Hall–Kier alpha value is -4.41. The minimum Gasteiger partial charge on any atom is -0.342 e. The lowest BCUT2D eigenvalue weighted by Gasteiger charge is -2.09. The highest BCUT2D eigenvalue weighted by Gasteiger charge is 2.22. The van der Waals surface area contributed by atoms with E-state index in [1.807, 2.05) is 19.1 Å². The second kappa shape index (κ2) is 8.76. The van der Waals surface area contributed by atoms with E-state index >= 15 is 0 Å². The molecule has 32 heavy (non-hydrogen) atoms. The quantitative estimate of drug-likeness (QED) is 0.477. The Kier molecular flexibility index (Phi) is 5.71. The van der Waals surface area contributed by atoms with Gasteiger partial charge in [0.25, 0.3) is 5.56 Å². The second-order valence-corrected chi connectivity index (χ2v) is 6.85. The fourth-order valence-corrected chi connectivity index (χ4v) is 2.95. The Morgan fingerprint density at radius 2 is 1.91 bits per heavy atom. The minimum absolute atomic E-state index is 0.119. The summed E-state index contributed by atoms with van der Waals surface area (Å²) in [6.45, 7) is 3.86. The van der Waals surface area contributed by atoms with Gasteiger partial charge in [-0.05, 0) is 38.1 Å². The van der Waals surface area contributed by atoms with Crippen LogP contribution < -0.4 is 16.6 Å². The molecule has 3 aromatic heterocycles. The predicted molar refractivity (Wildman–Crippen MR) is 113 cm³/mol. The molecule has 0 aliphatic carbocycles. The van der Waals surface area contributed by atoms with E-state index in [9.17, 15) is 14.4 Å². The number of nitrogens with one attached hydrogen (secondary N) is 1. The standard InChI is InChI=1S/C21H19N7O4/c1-3-27-20(30)16(25-28(21(27)31)15-9-7-13(2)8-10-15)17-24-19(32-26-17)18(29)23-12-14-6-4-5-11-22-14/h4-11H,3,12H2,1-2H3,(H,23,29). The highest BCUT2D eigenvalue weighted by Crippen LogP contribution is 2.11. The van der Waals surface area contributed by atoms with Crippen LogP contribution in [0.15, 0.2) is 62.8 Å². The number of pyridine rings is 1. The van der Waals surface area contributed by atoms with Crippen molar-refractivity contribution in [3.63, 3.8) is 0 Å². The van der Waals surface area contributed by atoms with Crippen LogP contribution in [0.25, 0.3) is 17.2 Å². The van der Waals surface area contributed by atoms with Crippen molar-refractivity contribution in [1.29, 1.82) is 0 Å². The fourth-order valence-electron chi connectivity index (χ4n) is 2.95. The lowest BCUT2D eigenvalue weighted by atomic mass is 10.2. The summed E-state index contributed by atoms with van der Waals surface area (Å²) >= 11 is 0. The highest BCUT2D eigenvalue weighted by atomic mass is 16.5. The monoisotopic (exact) mass is 433 g/mol. The third-order valence-corrected chi connectivity index (χ3v) is 4.64. The van der Waals surface area contributed by atoms with Crippen LogP contribution in [0.2, 0.25) is 0 Å². The molecule has 4 rings (SSSR count). The lowest BCUT2D eigenvalue weighted by Crippen LogP contribution is -2.41. The third kappa shape index (κ3) is 4.08. The number of carbonyl (C=O) groups excluding carboxylic acids is 1. The summed E-state index contributed by atoms with van der Waals surface area (Å²) in [5, 5.41) is 10.5. The van der Waals surface area contributed by atoms with Gasteiger partial charge < -0.3 is 9.84 Å². The van der Waals surface area contributed by atoms with Crippen molar-refractivity contribution in [2.45, 2.75) is 26.9 Å². The van der Waals surface area contributed by atoms with Crippen molar-refractivity contribution in [2.24, 2.45) is 0 Å². The SMILES string of the molecule is CCn1c(=O)c(-c2noc(C(=O)NCc3ccccn3)n2)nn(-c2ccc(C)cc2)c1=O. The summed E-state index contributed by atoms with van der Waals surface area (Å²) in [7, 11) is 0. The molecule has 0 unspecified atom stereocenters. The van der Waals surface area contributed by atoms with Crippen LogP contribution in [0.4, 0.5) is 0 Å². The van der Waals surface area contributed by atoms with E-state index in [4.69, 9.17) is 4.52 Å². The zero-order chi connectivity index (χ0) is 22.7. The van der Waals surface area contributed by atoms with Crippen LogP contribution in [0.5, 0.6) is 0 Å². The van der Waals surface area contributed by atoms with Crippen molar-refractivity contribution in [2.75, 3.05) is 0 Å². The Morgan fingerprint density at radius 3 is 2.59 bits per heavy atom. The molecule has 0 atom stereocenters. The molecule has 11 nitrogen and oxygen atoms in total. The first-order chi connectivity index (χ1) is 15.5. The number of aromatic nitrogens is 6. The number of hydrogen-bond acceptors (Lipinski definition) is 8. The van der Waals surface area contributed by atoms with Crippen LogP contribution in [0, 0.1) is 6.92 Å². The maximum Gasteiger partial charge on any atom is 0.352 e. The first-order valence-electron chi connectivity index (χ1n) is 9.81. The van der Waals surface area contributed by atoms with Crippen molar-refractivity contribution in [1.82, 2.24) is 34.8 Å². The fraction of sp³-hybridized carbons (Fsp3) is 0.190. The summed E-state index contributed by atoms with van der Waals surface area (Å²) in [6, 6.07) is 12.4. The van der Waals surface area contributed by atoms with E-state index in [2.05, 4.69) is 25.5 Å². The topological polar surface area (TPSA) is 138 Å². The van der Waals surface area contributed by atoms with Crippen molar-refractivity contribution in [3.05, 3.63) is 86.6 Å². The van der Waals surface area contributed by atoms with E-state index < -0.39 is 17.2 Å². The van der Waals surface area contributed by atoms with Gasteiger partial charge in [-0.25, -0.2) is 4.79 Å². The molecule has 11 heteroatoms. The number of nitrogens with zero attached hydrogens (tertiary/aromatic N) is 6. The Labute approximate surface area is 181 Å². The van der Waals surface area contributed by atoms with E-state index in [0.717, 1.165) is 14.8 Å². The molecule has 4 aromatic rings. The molecule has 0 saturated heterocycles. The van der Waals surface area contributed by atoms with Crippen molar-refractivity contribution >= 4 is 5.91 Å². The van der Waals surface area contributed by atoms with E-state index in [-0.39, 0.29) is 30.5 Å². The Morgan fingerprint density at radius 1 is 1.12 bits per heavy atom. The number of hydrogen-bond donors (Lipinski definition) is 1. The maximum atomic E-state index is 12.8. The summed E-state index contributed by atoms with van der Waals surface area (Å²) < 4.78 is 7.13. The molecule has 0 bridgehead atoms. The van der Waals surface area contributed by atoms with Gasteiger partial charge in [-0.1, -0.05) is 28.9 Å². The van der Waals surface area contributed by atoms with Crippen LogP contribution in [-0.2, 0) is 13.1 Å². The molecule has 0 aliphatic heterocycles. The molecule has 0 spiro atoms. The van der Waals surface area contributed by atoms with Gasteiger partial charge in [0.15, 0.2) is 5.69 Å². The summed E-state index contributed by atoms with van der Waals surface area (Å²) in [4.78, 5) is 46.0. The Balaban J connectivity index is 1.68. The molecule has 1 amide bonds. The molecule has 162 valence electrons. The lowest BCUT2D eigenvalue weighted by molar-refractivity contribution is 0.0906. The van der Waals surface area contributed by atoms with Crippen molar-refractivity contribution in [3.8, 4) is 17.2 Å². The molecular weight excluding hydrogens is 414 g/mol. The molecule has 0 saturated carbocycles. The van der Waals surface area contributed by atoms with Gasteiger partial charge >= 0.3 is 17.5 Å². The average Bonchev–Trinajstić information content (AvgIpc) is 3.30. The normalized spacial score (nSPS) is 10.8. The molecule has 3 heterocycles. The van der Waals surface area contributed by atoms with Gasteiger partial charge in [-0.3, -0.25) is 19.1 Å². The van der Waals surface area contributed by atoms with Gasteiger partial charge in [0.1, 0.15) is 0 Å². The maximum absolute atomic E-state index is 12.8. The van der Waals surface area contributed by atoms with Crippen molar-refractivity contribution < 1.29 is 9.32 Å². The minimum atomic E-state index is -0.679. The summed E-state index contributed by atoms with van der Waals surface area (Å²) in [5.74, 6) is -1.16. The average molecular weight is 433 g/mol. The zero-order valence-electron chi connectivity index (χ0n) is 17.3. The number of benzene rings is 1. The van der Waals surface area contributed by atoms with Crippen LogP contribution >= 0.6 is 0 Å². The number of carbonyl (C=O) groups is 1. The molecule has 1 aromatic carbocycles. The van der Waals surface area contributed by atoms with Gasteiger partial charge in [0.2, 0.25) is 5.82 Å². The van der Waals surface area contributed by atoms with Crippen LogP contribution in [0.3, 0.4) is 0 Å². The first-order valence-corrected chi connectivity index (χ1v) is 9.81. The smallest absolute Gasteiger partial charge is 0.342 e. The predicted octanol–water partition coefficient (Wildman–Crippen LogP) is 1.10. The molecular formula is C21H19N7O4. The van der Waals surface area contributed by atoms with Gasteiger partial charge in [0, 0.05) is 12.7 Å². The van der Waals surface area contributed by atoms with E-state index in [0.29, 0.717) is 11.4 Å². The van der Waals surface area contributed by atoms with Gasteiger partial charge in [0.05, 0.1) is 17.9 Å². The van der Waals surface area contributed by atoms with E-state index in [1.54, 1.807) is 43.5 Å². The molecule has 1 N–H and O–H groups in total. The van der Waals surface area contributed by atoms with E-state index in [1.165, 1.54) is 0 Å². The number of amides is 1. The Bertz CT molecular complexity index is 1370. The molecule has 0 radical (unpaired) electrons. The third-order valence-electron chi connectivity index (χ3n) is 4.64. The number of aryl methyl sites for hydroxylation is 1. The molecule has 0 aliphatic rings. The zero-order valence-corrected chi connectivity index (χ0v) is 17.3. The summed E-state index contributed by atoms with van der Waals surface area (Å²) in [5.41, 5.74) is 0.646. The highest BCUT2D eigenvalue weighted by molar-refractivity contribution is 5.89. The molecule has 0 fully saturated rings. The van der Waals surface area contributed by atoms with Gasteiger partial charge in [-0.2, -0.15) is 14.8 Å². The van der Waals surface area contributed by atoms with Crippen LogP contribution in [0.1, 0.15) is 28.9 Å².